The Morgan fingerprint density at radius 2 is 1.53 bits per heavy atom. The first-order valence-electron chi connectivity index (χ1n) is 11.6. The molecule has 6 heteroatoms. The molecule has 1 aliphatic carbocycles. The van der Waals surface area contributed by atoms with Crippen molar-refractivity contribution < 1.29 is 23.8 Å². The highest BCUT2D eigenvalue weighted by molar-refractivity contribution is 6.08. The Morgan fingerprint density at radius 1 is 0.882 bits per heavy atom. The van der Waals surface area contributed by atoms with E-state index in [2.05, 4.69) is 19.9 Å². The van der Waals surface area contributed by atoms with Gasteiger partial charge in [0, 0.05) is 41.3 Å². The normalized spacial score (nSPS) is 19.7. The van der Waals surface area contributed by atoms with Crippen LogP contribution in [0.5, 0.6) is 17.2 Å². The SMILES string of the molecule is COc1ccc(C2CC(=O)N(c3cc(C)cc(C)c3)C3=C2C(=O)CC(C)(C)C3)c(OC)c1OC. The smallest absolute Gasteiger partial charge is 0.232 e. The van der Waals surface area contributed by atoms with E-state index in [4.69, 9.17) is 14.2 Å². The Balaban J connectivity index is 1.96. The van der Waals surface area contributed by atoms with Crippen LogP contribution in [-0.2, 0) is 9.59 Å². The molecule has 2 aliphatic rings. The fourth-order valence-corrected chi connectivity index (χ4v) is 5.46. The summed E-state index contributed by atoms with van der Waals surface area (Å²) in [5.74, 6) is 1.11. The van der Waals surface area contributed by atoms with Gasteiger partial charge in [-0.1, -0.05) is 26.0 Å². The van der Waals surface area contributed by atoms with E-state index in [-0.39, 0.29) is 23.5 Å². The maximum atomic E-state index is 13.7. The number of allylic oxidation sites excluding steroid dienone is 2. The summed E-state index contributed by atoms with van der Waals surface area (Å²) in [6.45, 7) is 8.21. The highest BCUT2D eigenvalue weighted by atomic mass is 16.5. The lowest BCUT2D eigenvalue weighted by molar-refractivity contribution is -0.121. The maximum absolute atomic E-state index is 13.7. The molecule has 1 aliphatic heterocycles. The molecule has 0 fully saturated rings. The first-order chi connectivity index (χ1) is 16.1. The highest BCUT2D eigenvalue weighted by Crippen LogP contribution is 2.52. The number of hydrogen-bond acceptors (Lipinski definition) is 5. The molecular weight excluding hydrogens is 430 g/mol. The standard InChI is InChI=1S/C28H33NO5/c1-16-10-17(2)12-18(11-16)29-21-14-28(3,4)15-22(30)25(21)20(13-24(29)31)19-8-9-23(32-5)27(34-7)26(19)33-6/h8-12,20H,13-15H2,1-7H3. The number of carbonyl (C=O) groups is 2. The van der Waals surface area contributed by atoms with Crippen LogP contribution in [0.1, 0.15) is 55.7 Å². The van der Waals surface area contributed by atoms with Gasteiger partial charge in [0.25, 0.3) is 0 Å². The second kappa shape index (κ2) is 8.82. The molecule has 0 spiro atoms. The molecule has 0 aromatic heterocycles. The lowest BCUT2D eigenvalue weighted by Crippen LogP contribution is -2.43. The van der Waals surface area contributed by atoms with Gasteiger partial charge in [-0.3, -0.25) is 14.5 Å². The van der Waals surface area contributed by atoms with Crippen LogP contribution in [0.2, 0.25) is 0 Å². The van der Waals surface area contributed by atoms with Crippen molar-refractivity contribution in [3.8, 4) is 17.2 Å². The number of amides is 1. The van der Waals surface area contributed by atoms with E-state index in [0.29, 0.717) is 35.7 Å². The van der Waals surface area contributed by atoms with Gasteiger partial charge < -0.3 is 14.2 Å². The van der Waals surface area contributed by atoms with Crippen molar-refractivity contribution in [2.75, 3.05) is 26.2 Å². The second-order valence-electron chi connectivity index (χ2n) is 10.1. The maximum Gasteiger partial charge on any atom is 0.232 e. The number of nitrogens with zero attached hydrogens (tertiary/aromatic N) is 1. The summed E-state index contributed by atoms with van der Waals surface area (Å²) in [5, 5.41) is 0. The molecule has 1 unspecified atom stereocenters. The Hall–Kier alpha value is -3.28. The van der Waals surface area contributed by atoms with Crippen LogP contribution >= 0.6 is 0 Å². The first-order valence-corrected chi connectivity index (χ1v) is 11.6. The Kier molecular flexibility index (Phi) is 6.19. The van der Waals surface area contributed by atoms with E-state index in [1.165, 1.54) is 0 Å². The van der Waals surface area contributed by atoms with Crippen molar-refractivity contribution in [2.45, 2.75) is 52.9 Å². The Bertz CT molecular complexity index is 1170. The molecule has 0 N–H and O–H groups in total. The van der Waals surface area contributed by atoms with Crippen LogP contribution in [0.15, 0.2) is 41.6 Å². The molecule has 1 amide bonds. The van der Waals surface area contributed by atoms with Crippen LogP contribution in [-0.4, -0.2) is 33.0 Å². The number of rotatable bonds is 5. The lowest BCUT2D eigenvalue weighted by Gasteiger charge is -2.43. The monoisotopic (exact) mass is 463 g/mol. The van der Waals surface area contributed by atoms with Crippen LogP contribution in [0.3, 0.4) is 0 Å². The number of hydrogen-bond donors (Lipinski definition) is 0. The van der Waals surface area contributed by atoms with Crippen molar-refractivity contribution in [1.82, 2.24) is 0 Å². The zero-order chi connectivity index (χ0) is 24.8. The molecule has 1 heterocycles. The van der Waals surface area contributed by atoms with Crippen LogP contribution in [0.4, 0.5) is 5.69 Å². The molecule has 0 bridgehead atoms. The van der Waals surface area contributed by atoms with Crippen LogP contribution < -0.4 is 19.1 Å². The van der Waals surface area contributed by atoms with Crippen molar-refractivity contribution >= 4 is 17.4 Å². The van der Waals surface area contributed by atoms with Crippen molar-refractivity contribution in [3.63, 3.8) is 0 Å². The van der Waals surface area contributed by atoms with Gasteiger partial charge in [0.05, 0.1) is 21.3 Å². The lowest BCUT2D eigenvalue weighted by atomic mass is 9.69. The molecule has 180 valence electrons. The number of carbonyl (C=O) groups excluding carboxylic acids is 2. The Labute approximate surface area is 201 Å². The fourth-order valence-electron chi connectivity index (χ4n) is 5.46. The quantitative estimate of drug-likeness (QED) is 0.586. The summed E-state index contributed by atoms with van der Waals surface area (Å²) < 4.78 is 16.8. The van der Waals surface area contributed by atoms with Gasteiger partial charge in [0.1, 0.15) is 0 Å². The van der Waals surface area contributed by atoms with E-state index < -0.39 is 5.92 Å². The van der Waals surface area contributed by atoms with Gasteiger partial charge in [-0.15, -0.1) is 0 Å². The summed E-state index contributed by atoms with van der Waals surface area (Å²) in [6.07, 6.45) is 1.25. The molecule has 1 atom stereocenters. The first kappa shape index (κ1) is 23.9. The molecule has 34 heavy (non-hydrogen) atoms. The topological polar surface area (TPSA) is 65.1 Å². The molecule has 4 rings (SSSR count). The fraction of sp³-hybridized carbons (Fsp3) is 0.429. The van der Waals surface area contributed by atoms with Gasteiger partial charge in [-0.05, 0) is 55.0 Å². The summed E-state index contributed by atoms with van der Waals surface area (Å²) >= 11 is 0. The summed E-state index contributed by atoms with van der Waals surface area (Å²) in [4.78, 5) is 29.1. The summed E-state index contributed by atoms with van der Waals surface area (Å²) in [6, 6.07) is 9.79. The third-order valence-electron chi connectivity index (χ3n) is 6.72. The minimum atomic E-state index is -0.414. The number of ketones is 1. The third kappa shape index (κ3) is 4.06. The van der Waals surface area contributed by atoms with Crippen molar-refractivity contribution in [3.05, 3.63) is 58.3 Å². The number of aryl methyl sites for hydroxylation is 2. The predicted molar refractivity (Wildman–Crippen MR) is 132 cm³/mol. The Morgan fingerprint density at radius 3 is 2.12 bits per heavy atom. The number of methoxy groups -OCH3 is 3. The van der Waals surface area contributed by atoms with Crippen LogP contribution in [0.25, 0.3) is 0 Å². The summed E-state index contributed by atoms with van der Waals surface area (Å²) in [7, 11) is 4.68. The largest absolute Gasteiger partial charge is 0.493 e. The van der Waals surface area contributed by atoms with Crippen LogP contribution in [0, 0.1) is 19.3 Å². The average Bonchev–Trinajstić information content (AvgIpc) is 2.75. The van der Waals surface area contributed by atoms with E-state index >= 15 is 0 Å². The number of Topliss-reactive ketones (excluding diaryl/α,β-unsaturated/α-hetero) is 1. The highest BCUT2D eigenvalue weighted by Gasteiger charge is 2.45. The van der Waals surface area contributed by atoms with Gasteiger partial charge in [-0.2, -0.15) is 0 Å². The average molecular weight is 464 g/mol. The molecule has 2 aromatic rings. The molecular formula is C28H33NO5. The van der Waals surface area contributed by atoms with Gasteiger partial charge in [0.2, 0.25) is 11.7 Å². The molecule has 0 radical (unpaired) electrons. The van der Waals surface area contributed by atoms with Gasteiger partial charge >= 0.3 is 0 Å². The van der Waals surface area contributed by atoms with E-state index in [1.807, 2.05) is 32.0 Å². The zero-order valence-electron chi connectivity index (χ0n) is 21.1. The second-order valence-corrected chi connectivity index (χ2v) is 10.1. The van der Waals surface area contributed by atoms with Gasteiger partial charge in [0.15, 0.2) is 17.3 Å². The summed E-state index contributed by atoms with van der Waals surface area (Å²) in [5.41, 5.74) is 4.99. The molecule has 0 saturated carbocycles. The minimum Gasteiger partial charge on any atom is -0.493 e. The van der Waals surface area contributed by atoms with E-state index in [9.17, 15) is 9.59 Å². The molecule has 2 aromatic carbocycles. The predicted octanol–water partition coefficient (Wildman–Crippen LogP) is 5.49. The molecule has 0 saturated heterocycles. The zero-order valence-corrected chi connectivity index (χ0v) is 21.1. The van der Waals surface area contributed by atoms with Gasteiger partial charge in [-0.25, -0.2) is 0 Å². The number of ether oxygens (including phenoxy) is 3. The van der Waals surface area contributed by atoms with E-state index in [0.717, 1.165) is 28.1 Å². The third-order valence-corrected chi connectivity index (χ3v) is 6.72. The molecule has 6 nitrogen and oxygen atoms in total. The number of anilines is 1. The van der Waals surface area contributed by atoms with E-state index in [1.54, 1.807) is 32.3 Å². The van der Waals surface area contributed by atoms with Crippen molar-refractivity contribution in [1.29, 1.82) is 0 Å². The van der Waals surface area contributed by atoms with Crippen molar-refractivity contribution in [2.24, 2.45) is 5.41 Å². The minimum absolute atomic E-state index is 0.0314. The number of benzene rings is 2.